The lowest BCUT2D eigenvalue weighted by Crippen LogP contribution is -2.52. The fourth-order valence-corrected chi connectivity index (χ4v) is 8.55. The largest absolute Gasteiger partial charge is 0.465 e. The number of likely N-dealkylation sites (tertiary alicyclic amines) is 1. The smallest absolute Gasteiger partial charge is 0.405 e. The highest BCUT2D eigenvalue weighted by Crippen LogP contribution is 2.35. The van der Waals surface area contributed by atoms with Crippen molar-refractivity contribution in [3.05, 3.63) is 83.7 Å². The first-order chi connectivity index (χ1) is 23.6. The molecule has 5 rings (SSSR count). The number of carbonyl (C=O) groups excluding carboxylic acids is 1. The summed E-state index contributed by atoms with van der Waals surface area (Å²) in [7, 11) is -4.88. The Morgan fingerprint density at radius 3 is 2.36 bits per heavy atom. The van der Waals surface area contributed by atoms with Crippen LogP contribution in [0.15, 0.2) is 65.8 Å². The average Bonchev–Trinajstić information content (AvgIpc) is 3.39. The summed E-state index contributed by atoms with van der Waals surface area (Å²) in [4.78, 5) is 31.1. The number of aryl methyl sites for hydroxylation is 1. The molecular formula is C35H42F2N4O7SSi. The van der Waals surface area contributed by atoms with Gasteiger partial charge in [-0.2, -0.15) is 0 Å². The molecule has 2 aromatic heterocycles. The zero-order valence-corrected chi connectivity index (χ0v) is 30.3. The molecule has 2 amide bonds. The predicted octanol–water partition coefficient (Wildman–Crippen LogP) is 6.37. The van der Waals surface area contributed by atoms with E-state index in [0.29, 0.717) is 17.6 Å². The molecule has 4 aromatic rings. The lowest BCUT2D eigenvalue weighted by molar-refractivity contribution is -0.134. The van der Waals surface area contributed by atoms with Gasteiger partial charge < -0.3 is 29.4 Å². The second-order valence-corrected chi connectivity index (χ2v) is 21.6. The second kappa shape index (κ2) is 15.3. The summed E-state index contributed by atoms with van der Waals surface area (Å²) in [6.07, 6.45) is 1.81. The van der Waals surface area contributed by atoms with Gasteiger partial charge in [0.2, 0.25) is 5.91 Å². The van der Waals surface area contributed by atoms with E-state index in [2.05, 4.69) is 29.9 Å². The molecule has 1 atom stereocenters. The normalized spacial score (nSPS) is 14.9. The van der Waals surface area contributed by atoms with E-state index in [1.807, 2.05) is 17.7 Å². The molecular weight excluding hydrogens is 687 g/mol. The fourth-order valence-electron chi connectivity index (χ4n) is 6.04. The monoisotopic (exact) mass is 728 g/mol. The number of amides is 2. The number of sulfone groups is 1. The molecule has 11 nitrogen and oxygen atoms in total. The highest BCUT2D eigenvalue weighted by Gasteiger charge is 2.35. The Kier molecular flexibility index (Phi) is 11.3. The van der Waals surface area contributed by atoms with Crippen LogP contribution in [-0.2, 0) is 32.5 Å². The van der Waals surface area contributed by atoms with E-state index in [4.69, 9.17) is 9.47 Å². The Morgan fingerprint density at radius 2 is 1.74 bits per heavy atom. The number of hydrogen-bond donors (Lipinski definition) is 2. The summed E-state index contributed by atoms with van der Waals surface area (Å²) in [5.74, 6) is -3.16. The first-order valence-corrected chi connectivity index (χ1v) is 21.6. The van der Waals surface area contributed by atoms with Crippen LogP contribution in [-0.4, -0.2) is 79.0 Å². The van der Waals surface area contributed by atoms with E-state index in [9.17, 15) is 23.1 Å². The standard InChI is InChI=1S/C35H42F2N4O7SSi/c1-23-21-41(22-47-16-17-50(2,3)4)33-31(23)30(10-13-38-33)48-32-27(36)18-24(19-28(32)37)20-29(39-35(43)44)34(42)40-14-11-26(12-15-40)49(45,46)25-8-6-5-7-9-25/h5-10,13,18-19,21,26,29,39H,11-12,14-17,20,22H2,1-4H3,(H,43,44). The molecule has 1 fully saturated rings. The van der Waals surface area contributed by atoms with Gasteiger partial charge in [0.25, 0.3) is 0 Å². The first-order valence-electron chi connectivity index (χ1n) is 16.4. The molecule has 0 aliphatic carbocycles. The predicted molar refractivity (Wildman–Crippen MR) is 187 cm³/mol. The number of carboxylic acid groups (broad SMARTS) is 1. The topological polar surface area (TPSA) is 140 Å². The SMILES string of the molecule is Cc1cn(COCC[Si](C)(C)C)c2nccc(Oc3c(F)cc(CC(NC(=O)O)C(=O)N4CCC(S(=O)(=O)c5ccccc5)CC4)cc3F)c12. The number of ether oxygens (including phenoxy) is 2. The van der Waals surface area contributed by atoms with Crippen molar-refractivity contribution in [2.24, 2.45) is 0 Å². The summed E-state index contributed by atoms with van der Waals surface area (Å²) >= 11 is 0. The van der Waals surface area contributed by atoms with Crippen molar-refractivity contribution in [2.45, 2.75) is 74.8 Å². The Labute approximate surface area is 291 Å². The summed E-state index contributed by atoms with van der Waals surface area (Å²) in [5.41, 5.74) is 1.34. The van der Waals surface area contributed by atoms with E-state index in [0.717, 1.165) is 23.7 Å². The van der Waals surface area contributed by atoms with Gasteiger partial charge in [-0.15, -0.1) is 0 Å². The highest BCUT2D eigenvalue weighted by atomic mass is 32.2. The number of halogens is 2. The van der Waals surface area contributed by atoms with Gasteiger partial charge >= 0.3 is 6.09 Å². The number of benzene rings is 2. The molecule has 50 heavy (non-hydrogen) atoms. The quantitative estimate of drug-likeness (QED) is 0.120. The zero-order valence-electron chi connectivity index (χ0n) is 28.5. The fraction of sp³-hybridized carbons (Fsp3) is 0.400. The molecule has 0 spiro atoms. The van der Waals surface area contributed by atoms with Crippen LogP contribution in [0.1, 0.15) is 24.0 Å². The van der Waals surface area contributed by atoms with Crippen LogP contribution in [0.5, 0.6) is 11.5 Å². The number of fused-ring (bicyclic) bond motifs is 1. The molecule has 1 unspecified atom stereocenters. The van der Waals surface area contributed by atoms with Crippen molar-refractivity contribution < 1.29 is 41.4 Å². The molecule has 3 heterocycles. The summed E-state index contributed by atoms with van der Waals surface area (Å²) in [6, 6.07) is 11.2. The van der Waals surface area contributed by atoms with E-state index >= 15 is 8.78 Å². The van der Waals surface area contributed by atoms with Gasteiger partial charge in [0.05, 0.1) is 15.5 Å². The van der Waals surface area contributed by atoms with Gasteiger partial charge in [0, 0.05) is 46.6 Å². The number of pyridine rings is 1. The van der Waals surface area contributed by atoms with Crippen LogP contribution < -0.4 is 10.1 Å². The number of carbonyl (C=O) groups is 2. The Morgan fingerprint density at radius 1 is 1.08 bits per heavy atom. The van der Waals surface area contributed by atoms with E-state index in [-0.39, 0.29) is 55.3 Å². The lowest BCUT2D eigenvalue weighted by atomic mass is 10.0. The molecule has 1 saturated heterocycles. The van der Waals surface area contributed by atoms with Crippen molar-refractivity contribution in [1.29, 1.82) is 0 Å². The molecule has 2 N–H and O–H groups in total. The van der Waals surface area contributed by atoms with Crippen LogP contribution in [0.4, 0.5) is 13.6 Å². The number of rotatable bonds is 13. The Balaban J connectivity index is 1.28. The minimum Gasteiger partial charge on any atom is -0.465 e. The van der Waals surface area contributed by atoms with Crippen molar-refractivity contribution in [2.75, 3.05) is 19.7 Å². The average molecular weight is 729 g/mol. The lowest BCUT2D eigenvalue weighted by Gasteiger charge is -2.34. The van der Waals surface area contributed by atoms with Gasteiger partial charge in [-0.05, 0) is 67.3 Å². The molecule has 2 aromatic carbocycles. The van der Waals surface area contributed by atoms with Crippen molar-refractivity contribution in [1.82, 2.24) is 19.8 Å². The van der Waals surface area contributed by atoms with Crippen molar-refractivity contribution in [3.8, 4) is 11.5 Å². The third-order valence-corrected chi connectivity index (χ3v) is 12.7. The van der Waals surface area contributed by atoms with Gasteiger partial charge in [-0.25, -0.2) is 27.0 Å². The maximum Gasteiger partial charge on any atom is 0.405 e. The summed E-state index contributed by atoms with van der Waals surface area (Å²) < 4.78 is 70.6. The van der Waals surface area contributed by atoms with Crippen molar-refractivity contribution >= 4 is 40.9 Å². The first kappa shape index (κ1) is 36.9. The molecule has 0 saturated carbocycles. The number of piperidine rings is 1. The molecule has 1 aliphatic heterocycles. The van der Waals surface area contributed by atoms with Gasteiger partial charge in [0.1, 0.15) is 24.2 Å². The maximum atomic E-state index is 15.5. The number of nitrogens with zero attached hydrogens (tertiary/aromatic N) is 3. The maximum absolute atomic E-state index is 15.5. The molecule has 0 bridgehead atoms. The van der Waals surface area contributed by atoms with Gasteiger partial charge in [-0.3, -0.25) is 4.79 Å². The van der Waals surface area contributed by atoms with E-state index < -0.39 is 58.6 Å². The molecule has 15 heteroatoms. The van der Waals surface area contributed by atoms with Crippen LogP contribution >= 0.6 is 0 Å². The van der Waals surface area contributed by atoms with Crippen LogP contribution in [0, 0.1) is 18.6 Å². The number of hydrogen-bond acceptors (Lipinski definition) is 7. The summed E-state index contributed by atoms with van der Waals surface area (Å²) in [5, 5.41) is 11.5. The third-order valence-electron chi connectivity index (χ3n) is 8.71. The van der Waals surface area contributed by atoms with E-state index in [1.54, 1.807) is 18.2 Å². The third kappa shape index (κ3) is 8.68. The molecule has 268 valence electrons. The minimum atomic E-state index is -3.61. The zero-order chi connectivity index (χ0) is 36.2. The number of aromatic nitrogens is 2. The van der Waals surface area contributed by atoms with Crippen LogP contribution in [0.2, 0.25) is 25.7 Å². The number of nitrogens with one attached hydrogen (secondary N) is 1. The van der Waals surface area contributed by atoms with Crippen LogP contribution in [0.3, 0.4) is 0 Å². The second-order valence-electron chi connectivity index (χ2n) is 13.7. The Hall–Kier alpha value is -4.34. The van der Waals surface area contributed by atoms with Crippen LogP contribution in [0.25, 0.3) is 11.0 Å². The van der Waals surface area contributed by atoms with Gasteiger partial charge in [0.15, 0.2) is 27.2 Å². The Bertz CT molecular complexity index is 1940. The van der Waals surface area contributed by atoms with Gasteiger partial charge in [-0.1, -0.05) is 37.8 Å². The highest BCUT2D eigenvalue weighted by molar-refractivity contribution is 7.92. The molecule has 0 radical (unpaired) electrons. The minimum absolute atomic E-state index is 0.0265. The van der Waals surface area contributed by atoms with Crippen molar-refractivity contribution in [3.63, 3.8) is 0 Å². The summed E-state index contributed by atoms with van der Waals surface area (Å²) in [6.45, 7) is 9.66. The molecule has 1 aliphatic rings. The van der Waals surface area contributed by atoms with E-state index in [1.165, 1.54) is 29.3 Å².